The Bertz CT molecular complexity index is 465. The smallest absolute Gasteiger partial charge is 0.229 e. The standard InChI is InChI=1S/C10H14N6O2/c1-17-8-7-9(18-2)14-10(13-8)11-3-5-16-6-4-12-15-16/h4,6-7H,3,5H2,1-2H3,(H,11,13,14). The molecule has 2 heterocycles. The van der Waals surface area contributed by atoms with Crippen LogP contribution in [0, 0.1) is 0 Å². The van der Waals surface area contributed by atoms with Gasteiger partial charge in [-0.25, -0.2) is 0 Å². The number of methoxy groups -OCH3 is 2. The molecule has 0 aromatic carbocycles. The zero-order valence-corrected chi connectivity index (χ0v) is 10.2. The van der Waals surface area contributed by atoms with Gasteiger partial charge in [-0.15, -0.1) is 5.10 Å². The highest BCUT2D eigenvalue weighted by Gasteiger charge is 2.04. The van der Waals surface area contributed by atoms with Gasteiger partial charge in [0.05, 0.1) is 33.0 Å². The van der Waals surface area contributed by atoms with Gasteiger partial charge >= 0.3 is 0 Å². The van der Waals surface area contributed by atoms with E-state index in [0.29, 0.717) is 30.8 Å². The summed E-state index contributed by atoms with van der Waals surface area (Å²) in [6.07, 6.45) is 3.42. The van der Waals surface area contributed by atoms with Gasteiger partial charge in [0.2, 0.25) is 17.7 Å². The maximum absolute atomic E-state index is 5.05. The molecule has 2 aromatic heterocycles. The van der Waals surface area contributed by atoms with Crippen molar-refractivity contribution < 1.29 is 9.47 Å². The Kier molecular flexibility index (Phi) is 3.90. The Balaban J connectivity index is 1.95. The number of aromatic nitrogens is 5. The minimum absolute atomic E-state index is 0.449. The van der Waals surface area contributed by atoms with Crippen molar-refractivity contribution in [3.8, 4) is 11.8 Å². The Morgan fingerprint density at radius 3 is 2.50 bits per heavy atom. The molecule has 1 N–H and O–H groups in total. The van der Waals surface area contributed by atoms with Crippen LogP contribution in [0.25, 0.3) is 0 Å². The molecule has 0 atom stereocenters. The fourth-order valence-corrected chi connectivity index (χ4v) is 1.33. The van der Waals surface area contributed by atoms with Crippen LogP contribution in [0.5, 0.6) is 11.8 Å². The van der Waals surface area contributed by atoms with Gasteiger partial charge in [-0.1, -0.05) is 5.21 Å². The molecule has 0 aliphatic heterocycles. The second-order valence-electron chi connectivity index (χ2n) is 3.37. The molecule has 0 radical (unpaired) electrons. The lowest BCUT2D eigenvalue weighted by Gasteiger charge is -2.08. The zero-order chi connectivity index (χ0) is 12.8. The summed E-state index contributed by atoms with van der Waals surface area (Å²) < 4.78 is 11.8. The zero-order valence-electron chi connectivity index (χ0n) is 10.2. The summed E-state index contributed by atoms with van der Waals surface area (Å²) >= 11 is 0. The van der Waals surface area contributed by atoms with Crippen LogP contribution in [-0.2, 0) is 6.54 Å². The van der Waals surface area contributed by atoms with Crippen molar-refractivity contribution in [2.45, 2.75) is 6.54 Å². The molecule has 0 saturated carbocycles. The first-order valence-corrected chi connectivity index (χ1v) is 5.37. The topological polar surface area (TPSA) is 87.0 Å². The fourth-order valence-electron chi connectivity index (χ4n) is 1.33. The number of nitrogens with zero attached hydrogens (tertiary/aromatic N) is 5. The summed E-state index contributed by atoms with van der Waals surface area (Å²) in [6, 6.07) is 1.61. The molecule has 0 amide bonds. The number of anilines is 1. The van der Waals surface area contributed by atoms with Crippen molar-refractivity contribution in [3.05, 3.63) is 18.5 Å². The highest BCUT2D eigenvalue weighted by Crippen LogP contribution is 2.16. The molecule has 2 aromatic rings. The summed E-state index contributed by atoms with van der Waals surface area (Å²) in [5.74, 6) is 1.35. The molecule has 96 valence electrons. The predicted octanol–water partition coefficient (Wildman–Crippen LogP) is 0.197. The van der Waals surface area contributed by atoms with E-state index in [-0.39, 0.29) is 0 Å². The highest BCUT2D eigenvalue weighted by molar-refractivity contribution is 5.33. The molecule has 0 saturated heterocycles. The lowest BCUT2D eigenvalue weighted by atomic mass is 10.5. The average molecular weight is 250 g/mol. The van der Waals surface area contributed by atoms with Gasteiger partial charge in [-0.05, 0) is 0 Å². The third kappa shape index (κ3) is 3.06. The van der Waals surface area contributed by atoms with Gasteiger partial charge in [-0.3, -0.25) is 4.68 Å². The van der Waals surface area contributed by atoms with Crippen LogP contribution < -0.4 is 14.8 Å². The normalized spacial score (nSPS) is 10.1. The van der Waals surface area contributed by atoms with E-state index in [9.17, 15) is 0 Å². The number of rotatable bonds is 6. The van der Waals surface area contributed by atoms with Gasteiger partial charge in [0.1, 0.15) is 0 Å². The molecular weight excluding hydrogens is 236 g/mol. The molecule has 0 spiro atoms. The summed E-state index contributed by atoms with van der Waals surface area (Å²) in [4.78, 5) is 8.30. The second-order valence-corrected chi connectivity index (χ2v) is 3.37. The summed E-state index contributed by atoms with van der Waals surface area (Å²) in [6.45, 7) is 1.29. The second kappa shape index (κ2) is 5.80. The molecule has 8 nitrogen and oxygen atoms in total. The Morgan fingerprint density at radius 2 is 1.94 bits per heavy atom. The van der Waals surface area contributed by atoms with Crippen LogP contribution in [0.1, 0.15) is 0 Å². The summed E-state index contributed by atoms with van der Waals surface area (Å²) in [7, 11) is 3.09. The van der Waals surface area contributed by atoms with Gasteiger partial charge < -0.3 is 14.8 Å². The lowest BCUT2D eigenvalue weighted by Crippen LogP contribution is -2.13. The van der Waals surface area contributed by atoms with E-state index >= 15 is 0 Å². The van der Waals surface area contributed by atoms with E-state index in [1.165, 1.54) is 0 Å². The van der Waals surface area contributed by atoms with Gasteiger partial charge in [-0.2, -0.15) is 9.97 Å². The summed E-state index contributed by atoms with van der Waals surface area (Å²) in [5, 5.41) is 10.6. The van der Waals surface area contributed by atoms with Crippen molar-refractivity contribution in [3.63, 3.8) is 0 Å². The number of ether oxygens (including phenoxy) is 2. The molecule has 0 unspecified atom stereocenters. The molecule has 2 rings (SSSR count). The van der Waals surface area contributed by atoms with Crippen LogP contribution in [0.4, 0.5) is 5.95 Å². The van der Waals surface area contributed by atoms with E-state index in [2.05, 4.69) is 25.6 Å². The van der Waals surface area contributed by atoms with Crippen molar-refractivity contribution in [2.24, 2.45) is 0 Å². The largest absolute Gasteiger partial charge is 0.481 e. The van der Waals surface area contributed by atoms with E-state index in [1.54, 1.807) is 37.4 Å². The first kappa shape index (κ1) is 12.1. The minimum atomic E-state index is 0.449. The Hall–Kier alpha value is -2.38. The lowest BCUT2D eigenvalue weighted by molar-refractivity contribution is 0.372. The first-order chi connectivity index (χ1) is 8.81. The third-order valence-electron chi connectivity index (χ3n) is 2.19. The molecular formula is C10H14N6O2. The van der Waals surface area contributed by atoms with Crippen molar-refractivity contribution in [1.29, 1.82) is 0 Å². The minimum Gasteiger partial charge on any atom is -0.481 e. The number of nitrogens with one attached hydrogen (secondary N) is 1. The van der Waals surface area contributed by atoms with E-state index in [1.807, 2.05) is 0 Å². The fraction of sp³-hybridized carbons (Fsp3) is 0.400. The van der Waals surface area contributed by atoms with Crippen LogP contribution in [0.15, 0.2) is 18.5 Å². The number of hydrogen-bond acceptors (Lipinski definition) is 7. The SMILES string of the molecule is COc1cc(OC)nc(NCCn2ccnn2)n1. The van der Waals surface area contributed by atoms with Gasteiger partial charge in [0.25, 0.3) is 0 Å². The predicted molar refractivity (Wildman–Crippen MR) is 63.6 cm³/mol. The van der Waals surface area contributed by atoms with E-state index in [4.69, 9.17) is 9.47 Å². The molecule has 0 aliphatic rings. The Labute approximate surface area is 104 Å². The molecule has 18 heavy (non-hydrogen) atoms. The van der Waals surface area contributed by atoms with Crippen molar-refractivity contribution in [2.75, 3.05) is 26.1 Å². The van der Waals surface area contributed by atoms with Crippen LogP contribution in [0.2, 0.25) is 0 Å². The Morgan fingerprint density at radius 1 is 1.22 bits per heavy atom. The third-order valence-corrected chi connectivity index (χ3v) is 2.19. The maximum atomic E-state index is 5.05. The molecule has 0 fully saturated rings. The number of hydrogen-bond donors (Lipinski definition) is 1. The van der Waals surface area contributed by atoms with Gasteiger partial charge in [0.15, 0.2) is 0 Å². The van der Waals surface area contributed by atoms with Gasteiger partial charge in [0, 0.05) is 12.7 Å². The average Bonchev–Trinajstić information content (AvgIpc) is 2.91. The highest BCUT2D eigenvalue weighted by atomic mass is 16.5. The molecule has 8 heteroatoms. The van der Waals surface area contributed by atoms with Crippen molar-refractivity contribution in [1.82, 2.24) is 25.0 Å². The molecule has 0 bridgehead atoms. The first-order valence-electron chi connectivity index (χ1n) is 5.37. The van der Waals surface area contributed by atoms with Crippen LogP contribution >= 0.6 is 0 Å². The van der Waals surface area contributed by atoms with E-state index in [0.717, 1.165) is 0 Å². The summed E-state index contributed by atoms with van der Waals surface area (Å²) in [5.41, 5.74) is 0. The van der Waals surface area contributed by atoms with Crippen molar-refractivity contribution >= 4 is 5.95 Å². The van der Waals surface area contributed by atoms with Crippen LogP contribution in [-0.4, -0.2) is 45.7 Å². The maximum Gasteiger partial charge on any atom is 0.229 e. The monoisotopic (exact) mass is 250 g/mol. The van der Waals surface area contributed by atoms with Crippen LogP contribution in [0.3, 0.4) is 0 Å². The van der Waals surface area contributed by atoms with E-state index < -0.39 is 0 Å². The quantitative estimate of drug-likeness (QED) is 0.783. The molecule has 0 aliphatic carbocycles.